The molecule has 0 radical (unpaired) electrons. The van der Waals surface area contributed by atoms with Crippen LogP contribution in [-0.4, -0.2) is 10.7 Å². The van der Waals surface area contributed by atoms with E-state index in [2.05, 4.69) is 15.9 Å². The molecule has 14 heavy (non-hydrogen) atoms. The van der Waals surface area contributed by atoms with Crippen molar-refractivity contribution in [3.63, 3.8) is 0 Å². The Labute approximate surface area is 101 Å². The minimum Gasteiger partial charge on any atom is -0.529 e. The molecule has 0 saturated carbocycles. The van der Waals surface area contributed by atoms with Crippen molar-refractivity contribution in [2.75, 3.05) is 0 Å². The maximum absolute atomic E-state index is 10.7. The molecule has 0 saturated heterocycles. The van der Waals surface area contributed by atoms with Gasteiger partial charge in [-0.2, -0.15) is 0 Å². The molecule has 0 fully saturated rings. The Balaban J connectivity index is 0.000000980. The number of carbonyl (C=O) groups is 1. The molecule has 0 aliphatic rings. The smallest absolute Gasteiger partial charge is 0.529 e. The average molecular weight is 246 g/mol. The van der Waals surface area contributed by atoms with Crippen molar-refractivity contribution < 1.29 is 28.8 Å². The molecule has 2 aromatic rings. The van der Waals surface area contributed by atoms with Crippen LogP contribution in [0.15, 0.2) is 34.9 Å². The fourth-order valence-electron chi connectivity index (χ4n) is 1.31. The van der Waals surface area contributed by atoms with Crippen molar-refractivity contribution in [3.05, 3.63) is 34.9 Å². The summed E-state index contributed by atoms with van der Waals surface area (Å²) in [5.74, 6) is 0. The molecular formula is C9H5BrLiNO2. The summed E-state index contributed by atoms with van der Waals surface area (Å²) in [6.07, 6.45) is -1.23. The molecular weight excluding hydrogens is 241 g/mol. The van der Waals surface area contributed by atoms with Gasteiger partial charge in [-0.3, -0.25) is 4.57 Å². The van der Waals surface area contributed by atoms with Gasteiger partial charge < -0.3 is 9.90 Å². The third kappa shape index (κ3) is 1.74. The number of aromatic nitrogens is 1. The molecule has 0 unspecified atom stereocenters. The number of halogens is 1. The van der Waals surface area contributed by atoms with Gasteiger partial charge in [0.2, 0.25) is 0 Å². The number of carbonyl (C=O) groups excluding carboxylic acids is 1. The van der Waals surface area contributed by atoms with Crippen LogP contribution in [0.3, 0.4) is 0 Å². The second kappa shape index (κ2) is 4.22. The molecule has 0 spiro atoms. The minimum atomic E-state index is -1.23. The van der Waals surface area contributed by atoms with Crippen molar-refractivity contribution in [2.24, 2.45) is 0 Å². The average Bonchev–Trinajstić information content (AvgIpc) is 2.39. The van der Waals surface area contributed by atoms with Crippen LogP contribution in [0.5, 0.6) is 0 Å². The van der Waals surface area contributed by atoms with Crippen LogP contribution >= 0.6 is 15.9 Å². The third-order valence-corrected chi connectivity index (χ3v) is 2.43. The van der Waals surface area contributed by atoms with Gasteiger partial charge in [0.05, 0.1) is 10.1 Å². The second-order valence-corrected chi connectivity index (χ2v) is 3.44. The summed E-state index contributed by atoms with van der Waals surface area (Å²) >= 11 is 3.15. The van der Waals surface area contributed by atoms with E-state index >= 15 is 0 Å². The van der Waals surface area contributed by atoms with Gasteiger partial charge in [0.25, 0.3) is 0 Å². The summed E-state index contributed by atoms with van der Waals surface area (Å²) in [6, 6.07) is 8.96. The first kappa shape index (κ1) is 11.4. The molecule has 1 aromatic heterocycles. The number of hydrogen-bond donors (Lipinski definition) is 0. The van der Waals surface area contributed by atoms with E-state index in [1.54, 1.807) is 18.2 Å². The summed E-state index contributed by atoms with van der Waals surface area (Å²) < 4.78 is 1.59. The first-order chi connectivity index (χ1) is 6.20. The molecule has 0 bridgehead atoms. The van der Waals surface area contributed by atoms with Crippen LogP contribution in [0.4, 0.5) is 4.79 Å². The molecule has 1 aromatic carbocycles. The number of nitrogens with zero attached hydrogens (tertiary/aromatic N) is 1. The van der Waals surface area contributed by atoms with Gasteiger partial charge >= 0.3 is 18.9 Å². The minimum absolute atomic E-state index is 0. The van der Waals surface area contributed by atoms with E-state index in [-0.39, 0.29) is 18.9 Å². The predicted molar refractivity (Wildman–Crippen MR) is 50.4 cm³/mol. The Hall–Kier alpha value is -0.693. The maximum atomic E-state index is 10.7. The molecule has 66 valence electrons. The molecule has 1 heterocycles. The van der Waals surface area contributed by atoms with E-state index < -0.39 is 6.09 Å². The fourth-order valence-corrected chi connectivity index (χ4v) is 1.89. The second-order valence-electron chi connectivity index (χ2n) is 2.63. The topological polar surface area (TPSA) is 45.1 Å². The number of carboxylic acid groups (broad SMARTS) is 1. The molecule has 0 aliphatic heterocycles. The predicted octanol–water partition coefficient (Wildman–Crippen LogP) is -1.40. The summed E-state index contributed by atoms with van der Waals surface area (Å²) in [6.45, 7) is 0. The molecule has 5 heteroatoms. The normalized spacial score (nSPS) is 9.79. The Morgan fingerprint density at radius 2 is 2.00 bits per heavy atom. The number of benzene rings is 1. The Morgan fingerprint density at radius 1 is 1.36 bits per heavy atom. The van der Waals surface area contributed by atoms with Crippen LogP contribution in [0, 0.1) is 0 Å². The Morgan fingerprint density at radius 3 is 2.64 bits per heavy atom. The summed E-state index contributed by atoms with van der Waals surface area (Å²) in [7, 11) is 0. The van der Waals surface area contributed by atoms with E-state index in [9.17, 15) is 9.90 Å². The summed E-state index contributed by atoms with van der Waals surface area (Å²) in [4.78, 5) is 10.7. The molecule has 0 aliphatic carbocycles. The zero-order valence-electron chi connectivity index (χ0n) is 7.53. The van der Waals surface area contributed by atoms with Crippen molar-refractivity contribution in [3.8, 4) is 0 Å². The van der Waals surface area contributed by atoms with Gasteiger partial charge in [-0.25, -0.2) is 0 Å². The van der Waals surface area contributed by atoms with Crippen molar-refractivity contribution in [1.29, 1.82) is 0 Å². The van der Waals surface area contributed by atoms with Gasteiger partial charge in [0.1, 0.15) is 6.09 Å². The van der Waals surface area contributed by atoms with Crippen molar-refractivity contribution >= 4 is 32.9 Å². The first-order valence-corrected chi connectivity index (χ1v) is 4.47. The number of fused-ring (bicyclic) bond motifs is 1. The number of rotatable bonds is 0. The monoisotopic (exact) mass is 245 g/mol. The van der Waals surface area contributed by atoms with E-state index in [4.69, 9.17) is 0 Å². The van der Waals surface area contributed by atoms with Crippen LogP contribution in [0.1, 0.15) is 0 Å². The van der Waals surface area contributed by atoms with Gasteiger partial charge in [-0.15, -0.1) is 0 Å². The molecule has 2 rings (SSSR count). The van der Waals surface area contributed by atoms with Gasteiger partial charge in [-0.1, -0.05) is 18.2 Å². The van der Waals surface area contributed by atoms with Crippen LogP contribution in [0.25, 0.3) is 10.9 Å². The maximum Gasteiger partial charge on any atom is 1.00 e. The van der Waals surface area contributed by atoms with E-state index in [1.807, 2.05) is 12.1 Å². The third-order valence-electron chi connectivity index (χ3n) is 1.85. The molecule has 3 nitrogen and oxygen atoms in total. The Bertz CT molecular complexity index is 481. The number of para-hydroxylation sites is 1. The molecule has 0 atom stereocenters. The molecule has 0 N–H and O–H groups in total. The van der Waals surface area contributed by atoms with Gasteiger partial charge in [-0.05, 0) is 28.1 Å². The quantitative estimate of drug-likeness (QED) is 0.536. The fraction of sp³-hybridized carbons (Fsp3) is 0. The summed E-state index contributed by atoms with van der Waals surface area (Å²) in [5.41, 5.74) is 0.634. The number of hydrogen-bond acceptors (Lipinski definition) is 2. The van der Waals surface area contributed by atoms with Gasteiger partial charge in [0, 0.05) is 5.39 Å². The zero-order chi connectivity index (χ0) is 9.42. The molecule has 0 amide bonds. The van der Waals surface area contributed by atoms with E-state index in [0.29, 0.717) is 10.1 Å². The van der Waals surface area contributed by atoms with Crippen molar-refractivity contribution in [1.82, 2.24) is 4.57 Å². The van der Waals surface area contributed by atoms with Crippen LogP contribution in [0.2, 0.25) is 0 Å². The SMILES string of the molecule is O=C([O-])n1c(Br)cc2ccccc21.[Li+]. The Kier molecular flexibility index (Phi) is 3.43. The van der Waals surface area contributed by atoms with Gasteiger partial charge in [0.15, 0.2) is 0 Å². The van der Waals surface area contributed by atoms with Crippen molar-refractivity contribution in [2.45, 2.75) is 0 Å². The largest absolute Gasteiger partial charge is 1.00 e. The van der Waals surface area contributed by atoms with Crippen LogP contribution < -0.4 is 24.0 Å². The summed E-state index contributed by atoms with van der Waals surface area (Å²) in [5, 5.41) is 11.6. The van der Waals surface area contributed by atoms with E-state index in [0.717, 1.165) is 9.95 Å². The van der Waals surface area contributed by atoms with Crippen LogP contribution in [-0.2, 0) is 0 Å². The standard InChI is InChI=1S/C9H6BrNO2.Li/c10-8-5-6-3-1-2-4-7(6)11(8)9(12)13;/h1-5H,(H,12,13);/q;+1/p-1. The van der Waals surface area contributed by atoms with E-state index in [1.165, 1.54) is 0 Å². The first-order valence-electron chi connectivity index (χ1n) is 3.67. The zero-order valence-corrected chi connectivity index (χ0v) is 9.11.